The lowest BCUT2D eigenvalue weighted by molar-refractivity contribution is 0.0670. The molecule has 0 radical (unpaired) electrons. The van der Waals surface area contributed by atoms with Gasteiger partial charge in [0.15, 0.2) is 0 Å². The first-order valence-corrected chi connectivity index (χ1v) is 8.31. The molecule has 0 amide bonds. The second kappa shape index (κ2) is 8.85. The Balaban J connectivity index is 1.95. The van der Waals surface area contributed by atoms with Gasteiger partial charge in [0.2, 0.25) is 0 Å². The topological polar surface area (TPSA) is 60.2 Å². The molecule has 1 aromatic heterocycles. The van der Waals surface area contributed by atoms with Gasteiger partial charge in [0.1, 0.15) is 11.6 Å². The molecule has 1 aliphatic heterocycles. The molecule has 1 aliphatic rings. The first kappa shape index (κ1) is 18.5. The fraction of sp³-hybridized carbons (Fsp3) is 0.389. The summed E-state index contributed by atoms with van der Waals surface area (Å²) in [6.45, 7) is 7.84. The van der Waals surface area contributed by atoms with E-state index < -0.39 is 5.83 Å². The Labute approximate surface area is 147 Å². The third-order valence-electron chi connectivity index (χ3n) is 4.01. The molecule has 0 aliphatic carbocycles. The zero-order valence-corrected chi connectivity index (χ0v) is 14.6. The number of nitrogens with two attached hydrogens (primary N) is 1. The van der Waals surface area contributed by atoms with Crippen molar-refractivity contribution in [1.82, 2.24) is 10.3 Å². The molecule has 1 aromatic rings. The molecule has 0 aromatic carbocycles. The van der Waals surface area contributed by atoms with E-state index in [1.54, 1.807) is 12.1 Å². The molecule has 1 fully saturated rings. The van der Waals surface area contributed by atoms with Crippen LogP contribution in [0.2, 0.25) is 5.02 Å². The Bertz CT molecular complexity index is 652. The lowest BCUT2D eigenvalue weighted by Crippen LogP contribution is -2.27. The van der Waals surface area contributed by atoms with Crippen molar-refractivity contribution in [1.29, 1.82) is 0 Å². The molecule has 130 valence electrons. The maximum absolute atomic E-state index is 14.2. The van der Waals surface area contributed by atoms with Gasteiger partial charge in [-0.1, -0.05) is 24.3 Å². The predicted molar refractivity (Wildman–Crippen MR) is 97.2 cm³/mol. The number of anilines is 1. The molecular weight excluding hydrogens is 329 g/mol. The molecule has 4 nitrogen and oxygen atoms in total. The van der Waals surface area contributed by atoms with E-state index >= 15 is 0 Å². The van der Waals surface area contributed by atoms with E-state index in [2.05, 4.69) is 16.9 Å². The summed E-state index contributed by atoms with van der Waals surface area (Å²) >= 11 is 6.09. The fourth-order valence-electron chi connectivity index (χ4n) is 2.45. The highest BCUT2D eigenvalue weighted by Gasteiger charge is 2.14. The quantitative estimate of drug-likeness (QED) is 0.757. The summed E-state index contributed by atoms with van der Waals surface area (Å²) in [6, 6.07) is 1.66. The molecule has 3 N–H and O–H groups in total. The van der Waals surface area contributed by atoms with Crippen LogP contribution in [-0.4, -0.2) is 24.7 Å². The van der Waals surface area contributed by atoms with Gasteiger partial charge in [0.25, 0.3) is 0 Å². The second-order valence-electron chi connectivity index (χ2n) is 5.87. The van der Waals surface area contributed by atoms with Gasteiger partial charge in [-0.15, -0.1) is 0 Å². The highest BCUT2D eigenvalue weighted by atomic mass is 35.5. The summed E-state index contributed by atoms with van der Waals surface area (Å²) in [5, 5.41) is 3.53. The van der Waals surface area contributed by atoms with Gasteiger partial charge in [-0.2, -0.15) is 0 Å². The van der Waals surface area contributed by atoms with Crippen molar-refractivity contribution >= 4 is 23.0 Å². The Morgan fingerprint density at radius 1 is 1.50 bits per heavy atom. The van der Waals surface area contributed by atoms with Crippen LogP contribution in [0.5, 0.6) is 0 Å². The summed E-state index contributed by atoms with van der Waals surface area (Å²) in [5.41, 5.74) is 7.47. The summed E-state index contributed by atoms with van der Waals surface area (Å²) in [7, 11) is 0. The number of ether oxygens (including phenoxy) is 1. The summed E-state index contributed by atoms with van der Waals surface area (Å²) < 4.78 is 19.5. The molecule has 24 heavy (non-hydrogen) atoms. The molecule has 0 bridgehead atoms. The minimum Gasteiger partial charge on any atom is -0.384 e. The number of hydrogen-bond acceptors (Lipinski definition) is 4. The number of nitrogens with zero attached hydrogens (tertiary/aromatic N) is 1. The number of nitrogen functional groups attached to an aromatic ring is 1. The smallest absolute Gasteiger partial charge is 0.145 e. The zero-order chi connectivity index (χ0) is 17.5. The number of hydrogen-bond donors (Lipinski definition) is 2. The normalized spacial score (nSPS) is 17.0. The van der Waals surface area contributed by atoms with Gasteiger partial charge in [0, 0.05) is 31.5 Å². The Hall–Kier alpha value is -1.85. The number of nitrogens with one attached hydrogen (secondary N) is 1. The Morgan fingerprint density at radius 3 is 2.92 bits per heavy atom. The molecule has 2 rings (SSSR count). The summed E-state index contributed by atoms with van der Waals surface area (Å²) in [6.07, 6.45) is 6.50. The van der Waals surface area contributed by atoms with Crippen LogP contribution in [0, 0.1) is 5.92 Å². The molecule has 0 saturated carbocycles. The molecule has 0 atom stereocenters. The van der Waals surface area contributed by atoms with Gasteiger partial charge < -0.3 is 15.8 Å². The minimum atomic E-state index is -0.403. The maximum atomic E-state index is 14.2. The van der Waals surface area contributed by atoms with Crippen molar-refractivity contribution in [2.75, 3.05) is 25.5 Å². The lowest BCUT2D eigenvalue weighted by Gasteiger charge is -2.22. The molecule has 0 spiro atoms. The first-order chi connectivity index (χ1) is 11.5. The maximum Gasteiger partial charge on any atom is 0.145 e. The van der Waals surface area contributed by atoms with Crippen molar-refractivity contribution in [2.24, 2.45) is 5.92 Å². The average molecular weight is 352 g/mol. The summed E-state index contributed by atoms with van der Waals surface area (Å²) in [4.78, 5) is 3.91. The van der Waals surface area contributed by atoms with Crippen LogP contribution in [0.3, 0.4) is 0 Å². The van der Waals surface area contributed by atoms with E-state index in [1.807, 2.05) is 6.92 Å². The first-order valence-electron chi connectivity index (χ1n) is 7.93. The van der Waals surface area contributed by atoms with Gasteiger partial charge in [0.05, 0.1) is 10.7 Å². The monoisotopic (exact) mass is 351 g/mol. The van der Waals surface area contributed by atoms with Crippen LogP contribution in [0.25, 0.3) is 5.57 Å². The lowest BCUT2D eigenvalue weighted by atomic mass is 10.0. The van der Waals surface area contributed by atoms with E-state index in [0.29, 0.717) is 23.3 Å². The van der Waals surface area contributed by atoms with Crippen molar-refractivity contribution in [3.05, 3.63) is 53.1 Å². The minimum absolute atomic E-state index is 0.283. The van der Waals surface area contributed by atoms with Crippen LogP contribution < -0.4 is 11.1 Å². The standard InChI is InChI=1S/C18H23ClFN3O/c1-12(15-9-18(21)23-11-16(15)19)3-4-17(20)13(2)22-10-14-5-7-24-8-6-14/h3-4,9,11,14,22H,2,5-8,10H2,1H3,(H2,21,23)/b12-3+,17-4+. The van der Waals surface area contributed by atoms with E-state index in [9.17, 15) is 4.39 Å². The van der Waals surface area contributed by atoms with E-state index in [0.717, 1.165) is 37.2 Å². The number of rotatable bonds is 6. The largest absolute Gasteiger partial charge is 0.384 e. The average Bonchev–Trinajstić information content (AvgIpc) is 2.60. The van der Waals surface area contributed by atoms with Crippen molar-refractivity contribution in [2.45, 2.75) is 19.8 Å². The molecule has 6 heteroatoms. The Kier molecular flexibility index (Phi) is 6.82. The van der Waals surface area contributed by atoms with Crippen molar-refractivity contribution in [3.8, 4) is 0 Å². The van der Waals surface area contributed by atoms with Crippen molar-refractivity contribution < 1.29 is 9.13 Å². The summed E-state index contributed by atoms with van der Waals surface area (Å²) in [5.74, 6) is 0.466. The van der Waals surface area contributed by atoms with Gasteiger partial charge in [-0.05, 0) is 43.4 Å². The number of aromatic nitrogens is 1. The number of halogens is 2. The molecular formula is C18H23ClFN3O. The third kappa shape index (κ3) is 5.35. The van der Waals surface area contributed by atoms with Crippen LogP contribution in [0.4, 0.5) is 10.2 Å². The second-order valence-corrected chi connectivity index (χ2v) is 6.28. The van der Waals surface area contributed by atoms with Crippen LogP contribution >= 0.6 is 11.6 Å². The highest BCUT2D eigenvalue weighted by molar-refractivity contribution is 6.32. The molecule has 2 heterocycles. The Morgan fingerprint density at radius 2 is 2.21 bits per heavy atom. The van der Waals surface area contributed by atoms with E-state index in [4.69, 9.17) is 22.1 Å². The fourth-order valence-corrected chi connectivity index (χ4v) is 2.70. The van der Waals surface area contributed by atoms with E-state index in [-0.39, 0.29) is 5.70 Å². The predicted octanol–water partition coefficient (Wildman–Crippen LogP) is 4.10. The van der Waals surface area contributed by atoms with Gasteiger partial charge >= 0.3 is 0 Å². The van der Waals surface area contributed by atoms with Crippen LogP contribution in [0.15, 0.2) is 42.5 Å². The van der Waals surface area contributed by atoms with Crippen LogP contribution in [0.1, 0.15) is 25.3 Å². The number of allylic oxidation sites excluding steroid dienone is 4. The highest BCUT2D eigenvalue weighted by Crippen LogP contribution is 2.25. The van der Waals surface area contributed by atoms with Gasteiger partial charge in [-0.3, -0.25) is 0 Å². The SMILES string of the molecule is C=C(NCC1CCOCC1)/C(F)=C\C=C(/C)c1cc(N)ncc1Cl. The van der Waals surface area contributed by atoms with Crippen LogP contribution in [-0.2, 0) is 4.74 Å². The molecule has 0 unspecified atom stereocenters. The van der Waals surface area contributed by atoms with Crippen molar-refractivity contribution in [3.63, 3.8) is 0 Å². The van der Waals surface area contributed by atoms with E-state index in [1.165, 1.54) is 12.3 Å². The third-order valence-corrected chi connectivity index (χ3v) is 4.32. The van der Waals surface area contributed by atoms with Gasteiger partial charge in [-0.25, -0.2) is 9.37 Å². The molecule has 1 saturated heterocycles. The zero-order valence-electron chi connectivity index (χ0n) is 13.8. The number of pyridine rings is 1.